The van der Waals surface area contributed by atoms with Crippen molar-refractivity contribution < 1.29 is 19.4 Å². The van der Waals surface area contributed by atoms with Crippen LogP contribution in [0.25, 0.3) is 0 Å². The van der Waals surface area contributed by atoms with E-state index in [1.54, 1.807) is 0 Å². The standard InChI is InChI=1S/C8H16N2O4/c1-3-14-5-4-9-8(13)10(2)6-7(11)12/h3-6H2,1-2H3,(H,9,13)(H,11,12). The molecule has 0 fully saturated rings. The summed E-state index contributed by atoms with van der Waals surface area (Å²) < 4.78 is 5.00. The van der Waals surface area contributed by atoms with Crippen LogP contribution in [0.1, 0.15) is 6.92 Å². The lowest BCUT2D eigenvalue weighted by Crippen LogP contribution is -2.41. The summed E-state index contributed by atoms with van der Waals surface area (Å²) in [6.45, 7) is 2.97. The van der Waals surface area contributed by atoms with Crippen molar-refractivity contribution >= 4 is 12.0 Å². The Bertz CT molecular complexity index is 196. The number of hydrogen-bond donors (Lipinski definition) is 2. The Labute approximate surface area is 82.8 Å². The number of carbonyl (C=O) groups excluding carboxylic acids is 1. The molecule has 6 nitrogen and oxygen atoms in total. The zero-order valence-corrected chi connectivity index (χ0v) is 8.45. The predicted molar refractivity (Wildman–Crippen MR) is 50.2 cm³/mol. The molecule has 0 aliphatic heterocycles. The molecular weight excluding hydrogens is 188 g/mol. The Morgan fingerprint density at radius 1 is 1.50 bits per heavy atom. The zero-order valence-electron chi connectivity index (χ0n) is 8.45. The fourth-order valence-electron chi connectivity index (χ4n) is 0.784. The summed E-state index contributed by atoms with van der Waals surface area (Å²) in [4.78, 5) is 22.5. The first kappa shape index (κ1) is 12.7. The first-order chi connectivity index (χ1) is 6.57. The van der Waals surface area contributed by atoms with Gasteiger partial charge in [0, 0.05) is 20.2 Å². The Balaban J connectivity index is 3.57. The van der Waals surface area contributed by atoms with E-state index in [4.69, 9.17) is 9.84 Å². The summed E-state index contributed by atoms with van der Waals surface area (Å²) in [5.74, 6) is -1.03. The van der Waals surface area contributed by atoms with Gasteiger partial charge in [-0.15, -0.1) is 0 Å². The zero-order chi connectivity index (χ0) is 11.0. The van der Waals surface area contributed by atoms with E-state index in [9.17, 15) is 9.59 Å². The SMILES string of the molecule is CCOCCNC(=O)N(C)CC(=O)O. The van der Waals surface area contributed by atoms with Crippen molar-refractivity contribution in [2.24, 2.45) is 0 Å². The Morgan fingerprint density at radius 3 is 2.64 bits per heavy atom. The molecule has 0 aromatic rings. The van der Waals surface area contributed by atoms with Crippen LogP contribution in [0.5, 0.6) is 0 Å². The van der Waals surface area contributed by atoms with Crippen molar-refractivity contribution in [2.45, 2.75) is 6.92 Å². The van der Waals surface area contributed by atoms with Crippen molar-refractivity contribution in [2.75, 3.05) is 33.4 Å². The third-order valence-electron chi connectivity index (χ3n) is 1.45. The molecule has 0 aromatic heterocycles. The molecule has 0 rings (SSSR count). The molecule has 82 valence electrons. The van der Waals surface area contributed by atoms with Crippen molar-refractivity contribution in [1.29, 1.82) is 0 Å². The van der Waals surface area contributed by atoms with Crippen molar-refractivity contribution in [1.82, 2.24) is 10.2 Å². The van der Waals surface area contributed by atoms with Gasteiger partial charge in [-0.25, -0.2) is 4.79 Å². The van der Waals surface area contributed by atoms with Gasteiger partial charge >= 0.3 is 12.0 Å². The van der Waals surface area contributed by atoms with E-state index in [2.05, 4.69) is 5.32 Å². The summed E-state index contributed by atoms with van der Waals surface area (Å²) in [6.07, 6.45) is 0. The minimum atomic E-state index is -1.03. The van der Waals surface area contributed by atoms with Crippen molar-refractivity contribution in [3.8, 4) is 0 Å². The number of likely N-dealkylation sites (N-methyl/N-ethyl adjacent to an activating group) is 1. The Kier molecular flexibility index (Phi) is 6.47. The highest BCUT2D eigenvalue weighted by molar-refractivity contribution is 5.79. The van der Waals surface area contributed by atoms with E-state index in [1.807, 2.05) is 6.92 Å². The van der Waals surface area contributed by atoms with Gasteiger partial charge in [0.2, 0.25) is 0 Å². The maximum absolute atomic E-state index is 11.1. The fourth-order valence-corrected chi connectivity index (χ4v) is 0.784. The monoisotopic (exact) mass is 204 g/mol. The fraction of sp³-hybridized carbons (Fsp3) is 0.750. The van der Waals surface area contributed by atoms with Gasteiger partial charge in [0.25, 0.3) is 0 Å². The molecule has 0 unspecified atom stereocenters. The average molecular weight is 204 g/mol. The molecule has 0 heterocycles. The van der Waals surface area contributed by atoms with E-state index in [0.717, 1.165) is 4.90 Å². The van der Waals surface area contributed by atoms with Crippen LogP contribution in [0.2, 0.25) is 0 Å². The van der Waals surface area contributed by atoms with Gasteiger partial charge in [0.1, 0.15) is 6.54 Å². The molecular formula is C8H16N2O4. The third kappa shape index (κ3) is 6.24. The molecule has 6 heteroatoms. The summed E-state index contributed by atoms with van der Waals surface area (Å²) in [5.41, 5.74) is 0. The Hall–Kier alpha value is -1.30. The average Bonchev–Trinajstić information content (AvgIpc) is 2.11. The largest absolute Gasteiger partial charge is 0.480 e. The number of hydrogen-bond acceptors (Lipinski definition) is 3. The Morgan fingerprint density at radius 2 is 2.14 bits per heavy atom. The van der Waals surface area contributed by atoms with Crippen LogP contribution in [-0.2, 0) is 9.53 Å². The second kappa shape index (κ2) is 7.14. The summed E-state index contributed by atoms with van der Waals surface area (Å²) in [5, 5.41) is 10.9. The van der Waals surface area contributed by atoms with Crippen LogP contribution >= 0.6 is 0 Å². The molecule has 0 aliphatic carbocycles. The molecule has 14 heavy (non-hydrogen) atoms. The van der Waals surface area contributed by atoms with Gasteiger partial charge in [-0.1, -0.05) is 0 Å². The number of nitrogens with zero attached hydrogens (tertiary/aromatic N) is 1. The maximum atomic E-state index is 11.1. The predicted octanol–water partition coefficient (Wildman–Crippen LogP) is -0.251. The highest BCUT2D eigenvalue weighted by atomic mass is 16.5. The normalized spacial score (nSPS) is 9.57. The summed E-state index contributed by atoms with van der Waals surface area (Å²) in [6, 6.07) is -0.410. The molecule has 0 aromatic carbocycles. The number of carboxylic acid groups (broad SMARTS) is 1. The molecule has 0 bridgehead atoms. The highest BCUT2D eigenvalue weighted by Gasteiger charge is 2.10. The van der Waals surface area contributed by atoms with Crippen LogP contribution in [0.3, 0.4) is 0 Å². The smallest absolute Gasteiger partial charge is 0.323 e. The molecule has 0 aliphatic rings. The van der Waals surface area contributed by atoms with E-state index in [0.29, 0.717) is 19.8 Å². The van der Waals surface area contributed by atoms with E-state index in [1.165, 1.54) is 7.05 Å². The quantitative estimate of drug-likeness (QED) is 0.585. The van der Waals surface area contributed by atoms with Gasteiger partial charge in [-0.2, -0.15) is 0 Å². The van der Waals surface area contributed by atoms with Gasteiger partial charge < -0.3 is 20.1 Å². The van der Waals surface area contributed by atoms with Crippen LogP contribution in [0, 0.1) is 0 Å². The third-order valence-corrected chi connectivity index (χ3v) is 1.45. The molecule has 0 saturated heterocycles. The number of amides is 2. The first-order valence-corrected chi connectivity index (χ1v) is 4.36. The first-order valence-electron chi connectivity index (χ1n) is 4.36. The van der Waals surface area contributed by atoms with Gasteiger partial charge in [0.05, 0.1) is 6.61 Å². The number of urea groups is 1. The number of carboxylic acids is 1. The molecule has 0 saturated carbocycles. The number of aliphatic carboxylic acids is 1. The lowest BCUT2D eigenvalue weighted by molar-refractivity contribution is -0.137. The lowest BCUT2D eigenvalue weighted by atomic mass is 10.5. The molecule has 2 N–H and O–H groups in total. The molecule has 2 amide bonds. The number of ether oxygens (including phenoxy) is 1. The minimum Gasteiger partial charge on any atom is -0.480 e. The van der Waals surface area contributed by atoms with E-state index >= 15 is 0 Å². The van der Waals surface area contributed by atoms with Crippen molar-refractivity contribution in [3.63, 3.8) is 0 Å². The van der Waals surface area contributed by atoms with Crippen LogP contribution < -0.4 is 5.32 Å². The number of carbonyl (C=O) groups is 2. The lowest BCUT2D eigenvalue weighted by Gasteiger charge is -2.15. The van der Waals surface area contributed by atoms with Crippen LogP contribution in [0.4, 0.5) is 4.79 Å². The van der Waals surface area contributed by atoms with Crippen LogP contribution in [0.15, 0.2) is 0 Å². The minimum absolute atomic E-state index is 0.305. The molecule has 0 atom stereocenters. The van der Waals surface area contributed by atoms with Gasteiger partial charge in [-0.05, 0) is 6.92 Å². The summed E-state index contributed by atoms with van der Waals surface area (Å²) >= 11 is 0. The van der Waals surface area contributed by atoms with E-state index < -0.39 is 12.0 Å². The summed E-state index contributed by atoms with van der Waals surface area (Å²) in [7, 11) is 1.42. The second-order valence-corrected chi connectivity index (χ2v) is 2.68. The maximum Gasteiger partial charge on any atom is 0.323 e. The van der Waals surface area contributed by atoms with E-state index in [-0.39, 0.29) is 6.54 Å². The molecule has 0 spiro atoms. The van der Waals surface area contributed by atoms with Gasteiger partial charge in [0.15, 0.2) is 0 Å². The number of rotatable bonds is 6. The van der Waals surface area contributed by atoms with Crippen LogP contribution in [-0.4, -0.2) is 55.4 Å². The molecule has 0 radical (unpaired) electrons. The van der Waals surface area contributed by atoms with Crippen molar-refractivity contribution in [3.05, 3.63) is 0 Å². The second-order valence-electron chi connectivity index (χ2n) is 2.68. The number of nitrogens with one attached hydrogen (secondary N) is 1. The topological polar surface area (TPSA) is 78.9 Å². The van der Waals surface area contributed by atoms with Gasteiger partial charge in [-0.3, -0.25) is 4.79 Å². The highest BCUT2D eigenvalue weighted by Crippen LogP contribution is 1.83.